The van der Waals surface area contributed by atoms with E-state index in [2.05, 4.69) is 14.8 Å². The standard InChI is InChI=1S/C31H52N2O26S/c1-8-17(40)20(43)21(44)28(53-8)57-25-16(33-10(3)37)27(46)54-14(7-52-60(49,50)51)23(25)56-29-22(45)26(19(42)13(6-35)55-29)59-31(30(47)48)4-11(38)15(32-9(2)36)24(58-31)18(41)12(39)5-34/h8,11-29,34-35,38-46H,4-7H2,1-3H3,(H,32,36)(H,33,37)(H,47,48)(H,49,50,51)/t8-,11-,12+,13+,14+,15+,16+,17+,18+,19-,20+,21-,22+,23+,24+,25+,26-,27+,28-,29-,31-/m0/s1. The quantitative estimate of drug-likeness (QED) is 0.0640. The molecule has 4 aliphatic heterocycles. The lowest BCUT2D eigenvalue weighted by Crippen LogP contribution is -2.71. The number of aliphatic carboxylic acids is 1. The van der Waals surface area contributed by atoms with E-state index in [9.17, 15) is 88.6 Å². The number of hydrogen-bond donors (Lipinski definition) is 15. The maximum atomic E-state index is 12.9. The smallest absolute Gasteiger partial charge is 0.397 e. The zero-order chi connectivity index (χ0) is 45.2. The van der Waals surface area contributed by atoms with Gasteiger partial charge in [-0.3, -0.25) is 14.1 Å². The number of rotatable bonds is 16. The van der Waals surface area contributed by atoms with E-state index in [-0.39, 0.29) is 0 Å². The molecule has 4 saturated heterocycles. The summed E-state index contributed by atoms with van der Waals surface area (Å²) in [6, 6.07) is -3.45. The monoisotopic (exact) mass is 900 g/mol. The molecular formula is C31H52N2O26S. The van der Waals surface area contributed by atoms with Crippen LogP contribution >= 0.6 is 0 Å². The first-order valence-corrected chi connectivity index (χ1v) is 19.6. The molecule has 4 rings (SSSR count). The summed E-state index contributed by atoms with van der Waals surface area (Å²) < 4.78 is 76.5. The summed E-state index contributed by atoms with van der Waals surface area (Å²) in [6.45, 7) is -0.295. The number of hydrogen-bond acceptors (Lipinski definition) is 24. The van der Waals surface area contributed by atoms with Crippen molar-refractivity contribution in [1.29, 1.82) is 0 Å². The highest BCUT2D eigenvalue weighted by molar-refractivity contribution is 7.80. The second-order valence-corrected chi connectivity index (χ2v) is 15.6. The van der Waals surface area contributed by atoms with Crippen molar-refractivity contribution in [2.45, 2.75) is 155 Å². The molecule has 0 aromatic carbocycles. The number of aliphatic hydroxyl groups is 11. The first-order valence-electron chi connectivity index (χ1n) is 18.2. The largest absolute Gasteiger partial charge is 0.477 e. The molecular weight excluding hydrogens is 848 g/mol. The van der Waals surface area contributed by atoms with Gasteiger partial charge in [0.25, 0.3) is 5.79 Å². The van der Waals surface area contributed by atoms with E-state index in [0.717, 1.165) is 13.8 Å². The summed E-state index contributed by atoms with van der Waals surface area (Å²) in [5.74, 6) is -6.98. The van der Waals surface area contributed by atoms with Crippen LogP contribution in [0.2, 0.25) is 0 Å². The molecule has 4 aliphatic rings. The normalized spacial score (nSPS) is 43.7. The van der Waals surface area contributed by atoms with Crippen LogP contribution in [0.4, 0.5) is 0 Å². The summed E-state index contributed by atoms with van der Waals surface area (Å²) in [5, 5.41) is 132. The molecule has 60 heavy (non-hydrogen) atoms. The van der Waals surface area contributed by atoms with Crippen LogP contribution in [0.25, 0.3) is 0 Å². The van der Waals surface area contributed by atoms with E-state index in [1.165, 1.54) is 6.92 Å². The predicted molar refractivity (Wildman–Crippen MR) is 183 cm³/mol. The lowest BCUT2D eigenvalue weighted by Gasteiger charge is -2.51. The van der Waals surface area contributed by atoms with Gasteiger partial charge in [0, 0.05) is 20.3 Å². The van der Waals surface area contributed by atoms with Gasteiger partial charge in [-0.2, -0.15) is 8.42 Å². The van der Waals surface area contributed by atoms with Crippen LogP contribution in [0.3, 0.4) is 0 Å². The zero-order valence-corrected chi connectivity index (χ0v) is 32.7. The van der Waals surface area contributed by atoms with Crippen molar-refractivity contribution >= 4 is 28.2 Å². The van der Waals surface area contributed by atoms with Crippen LogP contribution in [-0.2, 0) is 62.1 Å². The van der Waals surface area contributed by atoms with Crippen LogP contribution in [0.5, 0.6) is 0 Å². The van der Waals surface area contributed by atoms with Crippen LogP contribution < -0.4 is 10.6 Å². The van der Waals surface area contributed by atoms with Gasteiger partial charge in [-0.25, -0.2) is 8.98 Å². The summed E-state index contributed by atoms with van der Waals surface area (Å²) in [6.07, 6.45) is -37.6. The lowest BCUT2D eigenvalue weighted by molar-refractivity contribution is -0.389. The van der Waals surface area contributed by atoms with Crippen molar-refractivity contribution in [3.05, 3.63) is 0 Å². The Labute approximate surface area is 340 Å². The second kappa shape index (κ2) is 20.4. The van der Waals surface area contributed by atoms with E-state index in [4.69, 9.17) is 33.2 Å². The molecule has 0 aromatic rings. The molecule has 21 atom stereocenters. The third-order valence-electron chi connectivity index (χ3n) is 10.1. The van der Waals surface area contributed by atoms with Crippen LogP contribution in [-0.4, -0.2) is 240 Å². The summed E-state index contributed by atoms with van der Waals surface area (Å²) in [5.41, 5.74) is 0. The van der Waals surface area contributed by atoms with E-state index in [1.54, 1.807) is 0 Å². The first kappa shape index (κ1) is 50.2. The van der Waals surface area contributed by atoms with Crippen LogP contribution in [0, 0.1) is 0 Å². The fraction of sp³-hybridized carbons (Fsp3) is 0.903. The highest BCUT2D eigenvalue weighted by Crippen LogP contribution is 2.39. The van der Waals surface area contributed by atoms with Crippen molar-refractivity contribution in [2.75, 3.05) is 19.8 Å². The summed E-state index contributed by atoms with van der Waals surface area (Å²) >= 11 is 0. The number of carbonyl (C=O) groups is 3. The summed E-state index contributed by atoms with van der Waals surface area (Å²) in [4.78, 5) is 37.2. The maximum Gasteiger partial charge on any atom is 0.397 e. The topological polar surface area (TPSA) is 446 Å². The fourth-order valence-electron chi connectivity index (χ4n) is 7.13. The molecule has 4 heterocycles. The molecule has 4 fully saturated rings. The van der Waals surface area contributed by atoms with Gasteiger partial charge in [0.15, 0.2) is 18.9 Å². The SMILES string of the molecule is CC(=O)N[C@@H]1[C@@H](O[C@@H]2O[C@@H](C)[C@@H](O)[C@@H](O)[C@@H]2O)[C@H](O[C@@H]2O[C@H](CO)[C@H](O)[C@H](O[C@]3(C(=O)O)C[C@H](O)[C@@H](NC(C)=O)[C@H]([C@H](O)[C@H](O)CO)O3)[C@H]2O)[C@@H](COS(=O)(=O)O)O[C@H]1O. The van der Waals surface area contributed by atoms with Gasteiger partial charge in [-0.05, 0) is 6.92 Å². The van der Waals surface area contributed by atoms with Crippen molar-refractivity contribution < 1.29 is 126 Å². The Morgan fingerprint density at radius 1 is 0.783 bits per heavy atom. The Bertz CT molecular complexity index is 1580. The Hall–Kier alpha value is -2.44. The van der Waals surface area contributed by atoms with Gasteiger partial charge in [-0.1, -0.05) is 0 Å². The van der Waals surface area contributed by atoms with Crippen molar-refractivity contribution in [1.82, 2.24) is 10.6 Å². The number of amides is 2. The van der Waals surface area contributed by atoms with Crippen molar-refractivity contribution in [2.24, 2.45) is 0 Å². The number of nitrogens with one attached hydrogen (secondary N) is 2. The third kappa shape index (κ3) is 11.4. The van der Waals surface area contributed by atoms with Gasteiger partial charge in [0.2, 0.25) is 11.8 Å². The van der Waals surface area contributed by atoms with Crippen LogP contribution in [0.1, 0.15) is 27.2 Å². The molecule has 2 amide bonds. The summed E-state index contributed by atoms with van der Waals surface area (Å²) in [7, 11) is -5.29. The Kier molecular flexibility index (Phi) is 17.1. The van der Waals surface area contributed by atoms with E-state index in [0.29, 0.717) is 0 Å². The van der Waals surface area contributed by atoms with Gasteiger partial charge < -0.3 is 105 Å². The van der Waals surface area contributed by atoms with Crippen LogP contribution in [0.15, 0.2) is 0 Å². The molecule has 28 nitrogen and oxygen atoms in total. The van der Waals surface area contributed by atoms with E-state index < -0.39 is 183 Å². The highest BCUT2D eigenvalue weighted by Gasteiger charge is 2.61. The highest BCUT2D eigenvalue weighted by atomic mass is 32.3. The Balaban J connectivity index is 1.77. The third-order valence-corrected chi connectivity index (χ3v) is 10.6. The molecule has 0 spiro atoms. The lowest BCUT2D eigenvalue weighted by atomic mass is 9.88. The molecule has 0 aliphatic carbocycles. The van der Waals surface area contributed by atoms with Gasteiger partial charge in [-0.15, -0.1) is 0 Å². The fourth-order valence-corrected chi connectivity index (χ4v) is 7.44. The van der Waals surface area contributed by atoms with Crippen molar-refractivity contribution in [3.8, 4) is 0 Å². The van der Waals surface area contributed by atoms with Gasteiger partial charge >= 0.3 is 16.4 Å². The number of carbonyl (C=O) groups excluding carboxylic acids is 2. The number of carboxylic acids is 1. The molecule has 0 bridgehead atoms. The van der Waals surface area contributed by atoms with Crippen molar-refractivity contribution in [3.63, 3.8) is 0 Å². The maximum absolute atomic E-state index is 12.9. The van der Waals surface area contributed by atoms with E-state index in [1.807, 2.05) is 0 Å². The predicted octanol–water partition coefficient (Wildman–Crippen LogP) is -9.40. The molecule has 0 unspecified atom stereocenters. The average Bonchev–Trinajstić information content (AvgIpc) is 3.16. The van der Waals surface area contributed by atoms with Gasteiger partial charge in [0.1, 0.15) is 85.4 Å². The molecule has 348 valence electrons. The van der Waals surface area contributed by atoms with E-state index >= 15 is 0 Å². The van der Waals surface area contributed by atoms with Gasteiger partial charge in [0.05, 0.1) is 38.1 Å². The zero-order valence-electron chi connectivity index (χ0n) is 31.9. The first-order chi connectivity index (χ1) is 27.9. The number of ether oxygens (including phenoxy) is 7. The minimum absolute atomic E-state index is 0.821. The number of aliphatic hydroxyl groups excluding tert-OH is 11. The second-order valence-electron chi connectivity index (χ2n) is 14.6. The molecule has 0 aromatic heterocycles. The molecule has 29 heteroatoms. The molecule has 0 radical (unpaired) electrons. The Morgan fingerprint density at radius 3 is 1.92 bits per heavy atom. The average molecular weight is 901 g/mol. The Morgan fingerprint density at radius 2 is 1.37 bits per heavy atom. The molecule has 15 N–H and O–H groups in total. The molecule has 0 saturated carbocycles. The number of carboxylic acid groups (broad SMARTS) is 1. The minimum atomic E-state index is -5.29. The minimum Gasteiger partial charge on any atom is -0.477 e.